The highest BCUT2D eigenvalue weighted by Crippen LogP contribution is 2.30. The molecular formula is C11H11BrClN5O. The number of halogens is 2. The number of anilines is 2. The highest BCUT2D eigenvalue weighted by molar-refractivity contribution is 9.10. The predicted molar refractivity (Wildman–Crippen MR) is 77.8 cm³/mol. The Balaban J connectivity index is 2.32. The number of benzene rings is 1. The van der Waals surface area contributed by atoms with Gasteiger partial charge in [-0.05, 0) is 18.2 Å². The van der Waals surface area contributed by atoms with E-state index in [0.717, 1.165) is 4.47 Å². The molecule has 0 radical (unpaired) electrons. The Morgan fingerprint density at radius 3 is 2.63 bits per heavy atom. The minimum atomic E-state index is 0.0851. The van der Waals surface area contributed by atoms with Gasteiger partial charge in [0.2, 0.25) is 11.9 Å². The van der Waals surface area contributed by atoms with E-state index in [1.165, 1.54) is 0 Å². The van der Waals surface area contributed by atoms with Crippen LogP contribution in [-0.4, -0.2) is 29.0 Å². The van der Waals surface area contributed by atoms with Crippen molar-refractivity contribution >= 4 is 39.4 Å². The molecule has 0 bridgehead atoms. The minimum Gasteiger partial charge on any atom is -0.423 e. The maximum Gasteiger partial charge on any atom is 0.328 e. The summed E-state index contributed by atoms with van der Waals surface area (Å²) in [4.78, 5) is 13.7. The van der Waals surface area contributed by atoms with Crippen LogP contribution in [0.2, 0.25) is 5.02 Å². The number of ether oxygens (including phenoxy) is 1. The zero-order valence-electron chi connectivity index (χ0n) is 10.3. The second kappa shape index (κ2) is 5.58. The number of nitrogens with two attached hydrogens (primary N) is 1. The molecule has 0 unspecified atom stereocenters. The van der Waals surface area contributed by atoms with E-state index in [-0.39, 0.29) is 12.0 Å². The molecule has 0 atom stereocenters. The highest BCUT2D eigenvalue weighted by Gasteiger charge is 2.10. The molecule has 6 nitrogen and oxygen atoms in total. The van der Waals surface area contributed by atoms with Crippen LogP contribution in [0.25, 0.3) is 0 Å². The number of hydrogen-bond acceptors (Lipinski definition) is 6. The van der Waals surface area contributed by atoms with Crippen molar-refractivity contribution in [3.05, 3.63) is 27.7 Å². The van der Waals surface area contributed by atoms with Crippen molar-refractivity contribution < 1.29 is 4.74 Å². The quantitative estimate of drug-likeness (QED) is 0.922. The first-order valence-corrected chi connectivity index (χ1v) is 6.44. The Bertz CT molecular complexity index is 608. The molecule has 1 aromatic carbocycles. The molecule has 19 heavy (non-hydrogen) atoms. The molecule has 0 saturated heterocycles. The van der Waals surface area contributed by atoms with Gasteiger partial charge in [0.05, 0.1) is 5.02 Å². The minimum absolute atomic E-state index is 0.0851. The number of aromatic nitrogens is 3. The number of hydrogen-bond donors (Lipinski definition) is 1. The molecule has 0 fully saturated rings. The number of rotatable bonds is 3. The standard InChI is InChI=1S/C11H11BrClN5O/c1-18(2)10-15-9(14)16-11(17-10)19-8-4-3-6(12)5-7(8)13/h3-5H,1-2H3,(H2,14,15,16,17). The smallest absolute Gasteiger partial charge is 0.328 e. The van der Waals surface area contributed by atoms with Crippen molar-refractivity contribution in [3.63, 3.8) is 0 Å². The van der Waals surface area contributed by atoms with Crippen molar-refractivity contribution in [2.75, 3.05) is 24.7 Å². The predicted octanol–water partition coefficient (Wildman–Crippen LogP) is 2.73. The average molecular weight is 345 g/mol. The molecule has 0 aliphatic rings. The van der Waals surface area contributed by atoms with Crippen LogP contribution in [-0.2, 0) is 0 Å². The second-order valence-electron chi connectivity index (χ2n) is 3.85. The van der Waals surface area contributed by atoms with Gasteiger partial charge in [-0.2, -0.15) is 15.0 Å². The van der Waals surface area contributed by atoms with E-state index in [1.807, 2.05) is 0 Å². The van der Waals surface area contributed by atoms with Gasteiger partial charge in [-0.3, -0.25) is 0 Å². The molecular weight excluding hydrogens is 334 g/mol. The molecule has 0 spiro atoms. The summed E-state index contributed by atoms with van der Waals surface area (Å²) < 4.78 is 6.37. The monoisotopic (exact) mass is 343 g/mol. The van der Waals surface area contributed by atoms with Crippen LogP contribution >= 0.6 is 27.5 Å². The maximum atomic E-state index is 6.05. The summed E-state index contributed by atoms with van der Waals surface area (Å²) in [6.07, 6.45) is 0. The summed E-state index contributed by atoms with van der Waals surface area (Å²) in [5.74, 6) is 0.942. The fourth-order valence-corrected chi connectivity index (χ4v) is 1.97. The van der Waals surface area contributed by atoms with Crippen molar-refractivity contribution in [2.45, 2.75) is 0 Å². The molecule has 0 amide bonds. The van der Waals surface area contributed by atoms with Crippen LogP contribution in [0.5, 0.6) is 11.8 Å². The summed E-state index contributed by atoms with van der Waals surface area (Å²) >= 11 is 9.37. The third kappa shape index (κ3) is 3.45. The van der Waals surface area contributed by atoms with Gasteiger partial charge in [-0.1, -0.05) is 27.5 Å². The van der Waals surface area contributed by atoms with Gasteiger partial charge < -0.3 is 15.4 Å². The van der Waals surface area contributed by atoms with Gasteiger partial charge in [-0.15, -0.1) is 0 Å². The van der Waals surface area contributed by atoms with Gasteiger partial charge in [0.25, 0.3) is 0 Å². The van der Waals surface area contributed by atoms with Crippen LogP contribution in [0.1, 0.15) is 0 Å². The third-order valence-electron chi connectivity index (χ3n) is 2.12. The lowest BCUT2D eigenvalue weighted by Crippen LogP contribution is -2.15. The van der Waals surface area contributed by atoms with Crippen molar-refractivity contribution in [2.24, 2.45) is 0 Å². The maximum absolute atomic E-state index is 6.05. The molecule has 0 aliphatic carbocycles. The molecule has 100 valence electrons. The molecule has 1 aromatic heterocycles. The van der Waals surface area contributed by atoms with Crippen LogP contribution in [0.3, 0.4) is 0 Å². The van der Waals surface area contributed by atoms with E-state index in [2.05, 4.69) is 30.9 Å². The van der Waals surface area contributed by atoms with E-state index in [1.54, 1.807) is 37.2 Å². The Hall–Kier alpha value is -1.60. The van der Waals surface area contributed by atoms with E-state index in [4.69, 9.17) is 22.1 Å². The molecule has 1 heterocycles. The molecule has 0 saturated carbocycles. The lowest BCUT2D eigenvalue weighted by Gasteiger charge is -2.12. The van der Waals surface area contributed by atoms with Crippen LogP contribution < -0.4 is 15.4 Å². The van der Waals surface area contributed by atoms with E-state index >= 15 is 0 Å². The first-order valence-electron chi connectivity index (χ1n) is 5.27. The van der Waals surface area contributed by atoms with Gasteiger partial charge in [0.1, 0.15) is 5.75 Å². The van der Waals surface area contributed by atoms with Crippen molar-refractivity contribution in [3.8, 4) is 11.8 Å². The highest BCUT2D eigenvalue weighted by atomic mass is 79.9. The Kier molecular flexibility index (Phi) is 4.06. The fourth-order valence-electron chi connectivity index (χ4n) is 1.26. The summed E-state index contributed by atoms with van der Waals surface area (Å²) in [6.45, 7) is 0. The van der Waals surface area contributed by atoms with E-state index in [9.17, 15) is 0 Å². The molecule has 2 rings (SSSR count). The number of nitrogens with zero attached hydrogens (tertiary/aromatic N) is 4. The molecule has 8 heteroatoms. The SMILES string of the molecule is CN(C)c1nc(N)nc(Oc2ccc(Br)cc2Cl)n1. The zero-order chi connectivity index (χ0) is 14.0. The van der Waals surface area contributed by atoms with Crippen LogP contribution in [0.15, 0.2) is 22.7 Å². The van der Waals surface area contributed by atoms with Gasteiger partial charge in [0, 0.05) is 18.6 Å². The van der Waals surface area contributed by atoms with Gasteiger partial charge in [0.15, 0.2) is 0 Å². The van der Waals surface area contributed by atoms with E-state index < -0.39 is 0 Å². The first kappa shape index (κ1) is 13.8. The lowest BCUT2D eigenvalue weighted by atomic mass is 10.3. The van der Waals surface area contributed by atoms with Crippen LogP contribution in [0, 0.1) is 0 Å². The lowest BCUT2D eigenvalue weighted by molar-refractivity contribution is 0.441. The van der Waals surface area contributed by atoms with Crippen LogP contribution in [0.4, 0.5) is 11.9 Å². The Morgan fingerprint density at radius 1 is 1.26 bits per heavy atom. The Morgan fingerprint density at radius 2 is 2.00 bits per heavy atom. The van der Waals surface area contributed by atoms with Gasteiger partial charge >= 0.3 is 6.01 Å². The average Bonchev–Trinajstić information content (AvgIpc) is 2.32. The second-order valence-corrected chi connectivity index (χ2v) is 5.17. The largest absolute Gasteiger partial charge is 0.423 e. The summed E-state index contributed by atoms with van der Waals surface area (Å²) in [7, 11) is 3.59. The number of nitrogen functional groups attached to an aromatic ring is 1. The van der Waals surface area contributed by atoms with E-state index in [0.29, 0.717) is 16.7 Å². The van der Waals surface area contributed by atoms with Gasteiger partial charge in [-0.25, -0.2) is 0 Å². The topological polar surface area (TPSA) is 77.2 Å². The van der Waals surface area contributed by atoms with Crippen molar-refractivity contribution in [1.82, 2.24) is 15.0 Å². The summed E-state index contributed by atoms with van der Waals surface area (Å²) in [5, 5.41) is 0.444. The van der Waals surface area contributed by atoms with Crippen molar-refractivity contribution in [1.29, 1.82) is 0 Å². The first-order chi connectivity index (χ1) is 8.95. The zero-order valence-corrected chi connectivity index (χ0v) is 12.6. The Labute approximate surface area is 123 Å². The molecule has 0 aliphatic heterocycles. The normalized spacial score (nSPS) is 10.3. The fraction of sp³-hybridized carbons (Fsp3) is 0.182. The molecule has 2 aromatic rings. The molecule has 2 N–H and O–H groups in total. The third-order valence-corrected chi connectivity index (χ3v) is 2.90. The summed E-state index contributed by atoms with van der Waals surface area (Å²) in [5.41, 5.74) is 5.60. The summed E-state index contributed by atoms with van der Waals surface area (Å²) in [6, 6.07) is 5.33.